The van der Waals surface area contributed by atoms with Crippen LogP contribution in [0.15, 0.2) is 54.9 Å². The lowest BCUT2D eigenvalue weighted by Crippen LogP contribution is -2.30. The Morgan fingerprint density at radius 1 is 1.04 bits per heavy atom. The van der Waals surface area contributed by atoms with Crippen molar-refractivity contribution in [2.24, 2.45) is 0 Å². The molecule has 0 saturated heterocycles. The molecule has 0 radical (unpaired) electrons. The topological polar surface area (TPSA) is 86.9 Å². The summed E-state index contributed by atoms with van der Waals surface area (Å²) < 4.78 is 0. The van der Waals surface area contributed by atoms with Gasteiger partial charge in [-0.05, 0) is 23.8 Å². The van der Waals surface area contributed by atoms with E-state index in [1.807, 2.05) is 30.3 Å². The van der Waals surface area contributed by atoms with Gasteiger partial charge in [0.05, 0.1) is 17.4 Å². The zero-order valence-corrected chi connectivity index (χ0v) is 13.1. The fourth-order valence-corrected chi connectivity index (χ4v) is 2.35. The average Bonchev–Trinajstić information content (AvgIpc) is 3.08. The molecule has 0 unspecified atom stereocenters. The van der Waals surface area contributed by atoms with Gasteiger partial charge in [0, 0.05) is 25.1 Å². The SMILES string of the molecule is O=C(CCNC(=O)c1ccc2nc[nH]c2c1)NCc1ccccc1. The largest absolute Gasteiger partial charge is 0.352 e. The van der Waals surface area contributed by atoms with Gasteiger partial charge in [0.1, 0.15) is 0 Å². The Kier molecular flexibility index (Phi) is 4.86. The third kappa shape index (κ3) is 3.98. The van der Waals surface area contributed by atoms with Crippen molar-refractivity contribution < 1.29 is 9.59 Å². The quantitative estimate of drug-likeness (QED) is 0.649. The van der Waals surface area contributed by atoms with Crippen LogP contribution in [0, 0.1) is 0 Å². The summed E-state index contributed by atoms with van der Waals surface area (Å²) in [7, 11) is 0. The standard InChI is InChI=1S/C18H18N4O2/c23-17(20-11-13-4-2-1-3-5-13)8-9-19-18(24)14-6-7-15-16(10-14)22-12-21-15/h1-7,10,12H,8-9,11H2,(H,19,24)(H,20,23)(H,21,22). The van der Waals surface area contributed by atoms with E-state index in [-0.39, 0.29) is 18.2 Å². The monoisotopic (exact) mass is 322 g/mol. The van der Waals surface area contributed by atoms with E-state index in [9.17, 15) is 9.59 Å². The minimum absolute atomic E-state index is 0.0943. The molecule has 1 heterocycles. The number of nitrogens with zero attached hydrogens (tertiary/aromatic N) is 1. The number of aromatic amines is 1. The van der Waals surface area contributed by atoms with Crippen LogP contribution in [0.5, 0.6) is 0 Å². The minimum Gasteiger partial charge on any atom is -0.352 e. The zero-order valence-electron chi connectivity index (χ0n) is 13.1. The molecule has 0 saturated carbocycles. The van der Waals surface area contributed by atoms with Gasteiger partial charge in [0.2, 0.25) is 5.91 Å². The van der Waals surface area contributed by atoms with Crippen LogP contribution in [0.1, 0.15) is 22.3 Å². The number of carbonyl (C=O) groups is 2. The number of rotatable bonds is 6. The molecule has 6 nitrogen and oxygen atoms in total. The van der Waals surface area contributed by atoms with Gasteiger partial charge in [-0.3, -0.25) is 9.59 Å². The molecule has 1 aromatic heterocycles. The number of hydrogen-bond acceptors (Lipinski definition) is 3. The van der Waals surface area contributed by atoms with Crippen LogP contribution in [0.2, 0.25) is 0 Å². The molecule has 0 aliphatic rings. The number of H-pyrrole nitrogens is 1. The molecule has 3 rings (SSSR count). The number of benzene rings is 2. The van der Waals surface area contributed by atoms with E-state index in [0.29, 0.717) is 18.7 Å². The highest BCUT2D eigenvalue weighted by Crippen LogP contribution is 2.11. The summed E-state index contributed by atoms with van der Waals surface area (Å²) in [6.07, 6.45) is 1.83. The molecule has 0 fully saturated rings. The highest BCUT2D eigenvalue weighted by atomic mass is 16.2. The summed E-state index contributed by atoms with van der Waals surface area (Å²) in [6, 6.07) is 14.9. The van der Waals surface area contributed by atoms with Gasteiger partial charge in [-0.2, -0.15) is 0 Å². The normalized spacial score (nSPS) is 10.5. The molecule has 3 aromatic rings. The molecule has 122 valence electrons. The molecular weight excluding hydrogens is 304 g/mol. The third-order valence-electron chi connectivity index (χ3n) is 3.65. The van der Waals surface area contributed by atoms with Crippen LogP contribution in [0.4, 0.5) is 0 Å². The number of hydrogen-bond donors (Lipinski definition) is 3. The van der Waals surface area contributed by atoms with Crippen molar-refractivity contribution in [2.45, 2.75) is 13.0 Å². The summed E-state index contributed by atoms with van der Waals surface area (Å²) in [5.74, 6) is -0.300. The molecule has 2 aromatic carbocycles. The molecule has 0 spiro atoms. The van der Waals surface area contributed by atoms with E-state index in [4.69, 9.17) is 0 Å². The van der Waals surface area contributed by atoms with E-state index < -0.39 is 0 Å². The molecule has 2 amide bonds. The van der Waals surface area contributed by atoms with E-state index in [1.165, 1.54) is 0 Å². The maximum atomic E-state index is 12.1. The highest BCUT2D eigenvalue weighted by molar-refractivity contribution is 5.97. The fourth-order valence-electron chi connectivity index (χ4n) is 2.35. The molecule has 6 heteroatoms. The molecule has 0 bridgehead atoms. The van der Waals surface area contributed by atoms with Gasteiger partial charge in [-0.15, -0.1) is 0 Å². The number of carbonyl (C=O) groups excluding carboxylic acids is 2. The van der Waals surface area contributed by atoms with Crippen molar-refractivity contribution >= 4 is 22.8 Å². The van der Waals surface area contributed by atoms with Crippen molar-refractivity contribution in [2.75, 3.05) is 6.54 Å². The van der Waals surface area contributed by atoms with E-state index in [2.05, 4.69) is 20.6 Å². The maximum Gasteiger partial charge on any atom is 0.251 e. The Labute approximate surface area is 139 Å². The molecule has 0 atom stereocenters. The second-order valence-electron chi connectivity index (χ2n) is 5.40. The van der Waals surface area contributed by atoms with Gasteiger partial charge < -0.3 is 15.6 Å². The first-order chi connectivity index (χ1) is 11.7. The van der Waals surface area contributed by atoms with Gasteiger partial charge in [-0.1, -0.05) is 30.3 Å². The van der Waals surface area contributed by atoms with Gasteiger partial charge in [0.25, 0.3) is 5.91 Å². The van der Waals surface area contributed by atoms with Crippen molar-refractivity contribution in [3.63, 3.8) is 0 Å². The average molecular weight is 322 g/mol. The minimum atomic E-state index is -0.206. The van der Waals surface area contributed by atoms with Crippen LogP contribution >= 0.6 is 0 Å². The lowest BCUT2D eigenvalue weighted by molar-refractivity contribution is -0.121. The van der Waals surface area contributed by atoms with Crippen LogP contribution in [0.25, 0.3) is 11.0 Å². The Bertz CT molecular complexity index is 842. The van der Waals surface area contributed by atoms with E-state index in [1.54, 1.807) is 24.5 Å². The summed E-state index contributed by atoms with van der Waals surface area (Å²) in [5, 5.41) is 5.58. The first-order valence-corrected chi connectivity index (χ1v) is 7.74. The lowest BCUT2D eigenvalue weighted by atomic mass is 10.2. The third-order valence-corrected chi connectivity index (χ3v) is 3.65. The predicted octanol–water partition coefficient (Wildman–Crippen LogP) is 2.00. The first-order valence-electron chi connectivity index (χ1n) is 7.74. The second kappa shape index (κ2) is 7.41. The molecule has 3 N–H and O–H groups in total. The second-order valence-corrected chi connectivity index (χ2v) is 5.40. The van der Waals surface area contributed by atoms with Crippen molar-refractivity contribution in [3.8, 4) is 0 Å². The van der Waals surface area contributed by atoms with E-state index >= 15 is 0 Å². The van der Waals surface area contributed by atoms with Gasteiger partial charge >= 0.3 is 0 Å². The van der Waals surface area contributed by atoms with Crippen LogP contribution in [-0.4, -0.2) is 28.3 Å². The maximum absolute atomic E-state index is 12.1. The lowest BCUT2D eigenvalue weighted by Gasteiger charge is -2.07. The predicted molar refractivity (Wildman–Crippen MR) is 91.3 cm³/mol. The fraction of sp³-hybridized carbons (Fsp3) is 0.167. The Morgan fingerprint density at radius 3 is 2.71 bits per heavy atom. The Morgan fingerprint density at radius 2 is 1.88 bits per heavy atom. The molecule has 0 aliphatic heterocycles. The first kappa shape index (κ1) is 15.7. The number of amides is 2. The van der Waals surface area contributed by atoms with Gasteiger partial charge in [0.15, 0.2) is 0 Å². The van der Waals surface area contributed by atoms with Crippen molar-refractivity contribution in [1.82, 2.24) is 20.6 Å². The Balaban J connectivity index is 1.43. The highest BCUT2D eigenvalue weighted by Gasteiger charge is 2.08. The van der Waals surface area contributed by atoms with E-state index in [0.717, 1.165) is 16.6 Å². The molecule has 24 heavy (non-hydrogen) atoms. The summed E-state index contributed by atoms with van der Waals surface area (Å²) in [5.41, 5.74) is 3.20. The van der Waals surface area contributed by atoms with Crippen LogP contribution in [0.3, 0.4) is 0 Å². The van der Waals surface area contributed by atoms with Crippen molar-refractivity contribution in [1.29, 1.82) is 0 Å². The van der Waals surface area contributed by atoms with Crippen molar-refractivity contribution in [3.05, 3.63) is 66.0 Å². The molecular formula is C18H18N4O2. The van der Waals surface area contributed by atoms with Crippen LogP contribution in [-0.2, 0) is 11.3 Å². The summed E-state index contributed by atoms with van der Waals surface area (Å²) in [4.78, 5) is 31.0. The number of fused-ring (bicyclic) bond motifs is 1. The van der Waals surface area contributed by atoms with Crippen LogP contribution < -0.4 is 10.6 Å². The van der Waals surface area contributed by atoms with Gasteiger partial charge in [-0.25, -0.2) is 4.98 Å². The molecule has 0 aliphatic carbocycles. The number of imidazole rings is 1. The number of nitrogens with one attached hydrogen (secondary N) is 3. The summed E-state index contributed by atoms with van der Waals surface area (Å²) in [6.45, 7) is 0.782. The smallest absolute Gasteiger partial charge is 0.251 e. The summed E-state index contributed by atoms with van der Waals surface area (Å²) >= 11 is 0. The number of aromatic nitrogens is 2. The zero-order chi connectivity index (χ0) is 16.8. The Hall–Kier alpha value is -3.15.